The molecule has 1 aliphatic heterocycles. The lowest BCUT2D eigenvalue weighted by Crippen LogP contribution is -2.43. The molecule has 1 atom stereocenters. The largest absolute Gasteiger partial charge is 0.444 e. The van der Waals surface area contributed by atoms with Crippen molar-refractivity contribution < 1.29 is 9.53 Å². The van der Waals surface area contributed by atoms with Crippen LogP contribution < -0.4 is 11.1 Å². The summed E-state index contributed by atoms with van der Waals surface area (Å²) in [5.74, 6) is 0.549. The number of rotatable bonds is 6. The number of anilines is 1. The van der Waals surface area contributed by atoms with Crippen molar-refractivity contribution in [3.63, 3.8) is 0 Å². The number of hydrogen-bond acceptors (Lipinski definition) is 5. The number of amides is 1. The number of nitrogens with zero attached hydrogens (tertiary/aromatic N) is 2. The summed E-state index contributed by atoms with van der Waals surface area (Å²) in [5.41, 5.74) is 8.91. The maximum absolute atomic E-state index is 12.5. The first-order valence-electron chi connectivity index (χ1n) is 10.9. The molecule has 0 saturated carbocycles. The van der Waals surface area contributed by atoms with Gasteiger partial charge in [0.15, 0.2) is 0 Å². The van der Waals surface area contributed by atoms with Crippen molar-refractivity contribution in [2.45, 2.75) is 71.6 Å². The Morgan fingerprint density at radius 1 is 1.35 bits per heavy atom. The number of carbonyl (C=O) groups excluding carboxylic acids is 1. The molecule has 0 fully saturated rings. The lowest BCUT2D eigenvalue weighted by Gasteiger charge is -2.33. The fourth-order valence-corrected chi connectivity index (χ4v) is 4.26. The van der Waals surface area contributed by atoms with E-state index in [2.05, 4.69) is 22.4 Å². The molecule has 3 N–H and O–H groups in total. The van der Waals surface area contributed by atoms with Crippen LogP contribution in [0.1, 0.15) is 57.9 Å². The van der Waals surface area contributed by atoms with Crippen molar-refractivity contribution in [2.75, 3.05) is 11.9 Å². The number of hydrogen-bond donors (Lipinski definition) is 2. The summed E-state index contributed by atoms with van der Waals surface area (Å²) in [6, 6.07) is 10.6. The number of benzene rings is 1. The van der Waals surface area contributed by atoms with Crippen LogP contribution in [0.5, 0.6) is 0 Å². The first kappa shape index (κ1) is 23.1. The fraction of sp³-hybridized carbons (Fsp3) is 0.500. The topological polar surface area (TPSA) is 80.0 Å². The molecule has 0 spiro atoms. The molecule has 2 heterocycles. The van der Waals surface area contributed by atoms with Crippen molar-refractivity contribution >= 4 is 34.6 Å². The van der Waals surface area contributed by atoms with Gasteiger partial charge < -0.3 is 20.7 Å². The number of nitrogens with two attached hydrogens (primary N) is 1. The second-order valence-corrected chi connectivity index (χ2v) is 10.2. The molecule has 0 aliphatic carbocycles. The average molecular weight is 443 g/mol. The highest BCUT2D eigenvalue weighted by atomic mass is 32.1. The number of ether oxygens (including phenoxy) is 1. The van der Waals surface area contributed by atoms with Crippen LogP contribution in [0.25, 0.3) is 0 Å². The van der Waals surface area contributed by atoms with Crippen LogP contribution in [0, 0.1) is 0 Å². The van der Waals surface area contributed by atoms with Crippen molar-refractivity contribution in [1.82, 2.24) is 4.90 Å². The Balaban J connectivity index is 1.60. The van der Waals surface area contributed by atoms with Gasteiger partial charge in [0.1, 0.15) is 11.4 Å². The SMILES string of the molecule is CC(C)N(CCC1CCc2cc(N=C(N)c3cccs3)ccc2N1)C(=O)OC(C)(C)C. The number of fused-ring (bicyclic) bond motifs is 1. The molecule has 0 bridgehead atoms. The van der Waals surface area contributed by atoms with Crippen molar-refractivity contribution in [2.24, 2.45) is 10.7 Å². The van der Waals surface area contributed by atoms with Gasteiger partial charge in [-0.15, -0.1) is 11.3 Å². The highest BCUT2D eigenvalue weighted by Gasteiger charge is 2.26. The summed E-state index contributed by atoms with van der Waals surface area (Å²) in [7, 11) is 0. The molecule has 2 aromatic rings. The van der Waals surface area contributed by atoms with Crippen LogP contribution >= 0.6 is 11.3 Å². The van der Waals surface area contributed by atoms with E-state index in [1.54, 1.807) is 11.3 Å². The van der Waals surface area contributed by atoms with Gasteiger partial charge in [-0.1, -0.05) is 6.07 Å². The first-order chi connectivity index (χ1) is 14.6. The van der Waals surface area contributed by atoms with Gasteiger partial charge in [0, 0.05) is 24.3 Å². The molecule has 1 unspecified atom stereocenters. The van der Waals surface area contributed by atoms with E-state index in [1.165, 1.54) is 5.56 Å². The van der Waals surface area contributed by atoms with Crippen LogP contribution in [0.2, 0.25) is 0 Å². The number of thiophene rings is 1. The Kier molecular flexibility index (Phi) is 7.26. The van der Waals surface area contributed by atoms with E-state index >= 15 is 0 Å². The summed E-state index contributed by atoms with van der Waals surface area (Å²) in [6.07, 6.45) is 2.62. The molecule has 3 rings (SSSR count). The minimum atomic E-state index is -0.487. The van der Waals surface area contributed by atoms with Crippen molar-refractivity contribution in [3.8, 4) is 0 Å². The molecule has 1 amide bonds. The van der Waals surface area contributed by atoms with Crippen molar-refractivity contribution in [3.05, 3.63) is 46.2 Å². The third kappa shape index (κ3) is 6.47. The van der Waals surface area contributed by atoms with Crippen LogP contribution in [-0.4, -0.2) is 41.1 Å². The van der Waals surface area contributed by atoms with E-state index in [9.17, 15) is 4.79 Å². The predicted molar refractivity (Wildman–Crippen MR) is 130 cm³/mol. The summed E-state index contributed by atoms with van der Waals surface area (Å²) in [6.45, 7) is 10.4. The maximum atomic E-state index is 12.5. The average Bonchev–Trinajstić information content (AvgIpc) is 3.21. The van der Waals surface area contributed by atoms with Crippen LogP contribution in [-0.2, 0) is 11.2 Å². The van der Waals surface area contributed by atoms with Gasteiger partial charge >= 0.3 is 6.09 Å². The number of nitrogens with one attached hydrogen (secondary N) is 1. The number of carbonyl (C=O) groups is 1. The summed E-state index contributed by atoms with van der Waals surface area (Å²) < 4.78 is 5.57. The molecule has 1 aromatic carbocycles. The van der Waals surface area contributed by atoms with E-state index in [0.29, 0.717) is 18.4 Å². The van der Waals surface area contributed by atoms with Gasteiger partial charge in [0.25, 0.3) is 0 Å². The highest BCUT2D eigenvalue weighted by Crippen LogP contribution is 2.30. The van der Waals surface area contributed by atoms with Crippen LogP contribution in [0.15, 0.2) is 40.7 Å². The Labute approximate surface area is 189 Å². The highest BCUT2D eigenvalue weighted by molar-refractivity contribution is 7.12. The molecule has 0 radical (unpaired) electrons. The molecule has 0 saturated heterocycles. The maximum Gasteiger partial charge on any atom is 0.410 e. The zero-order valence-corrected chi connectivity index (χ0v) is 20.0. The zero-order valence-electron chi connectivity index (χ0n) is 19.1. The molecule has 1 aliphatic rings. The third-order valence-corrected chi connectivity index (χ3v) is 6.10. The quantitative estimate of drug-likeness (QED) is 0.454. The molecule has 6 nitrogen and oxygen atoms in total. The smallest absolute Gasteiger partial charge is 0.410 e. The Morgan fingerprint density at radius 2 is 2.13 bits per heavy atom. The van der Waals surface area contributed by atoms with E-state index < -0.39 is 5.60 Å². The molecular weight excluding hydrogens is 408 g/mol. The van der Waals surface area contributed by atoms with Gasteiger partial charge in [0.05, 0.1) is 10.6 Å². The summed E-state index contributed by atoms with van der Waals surface area (Å²) >= 11 is 1.59. The molecule has 31 heavy (non-hydrogen) atoms. The van der Waals surface area contributed by atoms with Crippen LogP contribution in [0.4, 0.5) is 16.2 Å². The van der Waals surface area contributed by atoms with E-state index in [-0.39, 0.29) is 12.1 Å². The van der Waals surface area contributed by atoms with Gasteiger partial charge in [0.2, 0.25) is 0 Å². The number of aryl methyl sites for hydroxylation is 1. The van der Waals surface area contributed by atoms with Gasteiger partial charge in [-0.05, 0) is 89.1 Å². The van der Waals surface area contributed by atoms with Crippen LogP contribution in [0.3, 0.4) is 0 Å². The lowest BCUT2D eigenvalue weighted by atomic mass is 9.95. The summed E-state index contributed by atoms with van der Waals surface area (Å²) in [5, 5.41) is 5.63. The second-order valence-electron chi connectivity index (χ2n) is 9.25. The van der Waals surface area contributed by atoms with E-state index in [0.717, 1.165) is 35.5 Å². The standard InChI is InChI=1S/C24H34N4O2S/c1-16(2)28(23(29)30-24(3,4)5)13-12-18-9-8-17-15-19(10-11-20(17)26-18)27-22(25)21-7-6-14-31-21/h6-7,10-11,14-16,18,26H,8-9,12-13H2,1-5H3,(H2,25,27). The van der Waals surface area contributed by atoms with Gasteiger partial charge in [-0.2, -0.15) is 0 Å². The van der Waals surface area contributed by atoms with Gasteiger partial charge in [-0.25, -0.2) is 9.79 Å². The second kappa shape index (κ2) is 9.73. The monoisotopic (exact) mass is 442 g/mol. The first-order valence-corrected chi connectivity index (χ1v) is 11.8. The molecular formula is C24H34N4O2S. The fourth-order valence-electron chi connectivity index (χ4n) is 3.63. The Hall–Kier alpha value is -2.54. The minimum absolute atomic E-state index is 0.0972. The Morgan fingerprint density at radius 3 is 2.77 bits per heavy atom. The minimum Gasteiger partial charge on any atom is -0.444 e. The van der Waals surface area contributed by atoms with E-state index in [4.69, 9.17) is 10.5 Å². The molecule has 168 valence electrons. The Bertz CT molecular complexity index is 916. The molecule has 7 heteroatoms. The molecule has 1 aromatic heterocycles. The van der Waals surface area contributed by atoms with Gasteiger partial charge in [-0.3, -0.25) is 0 Å². The third-order valence-electron chi connectivity index (χ3n) is 5.20. The van der Waals surface area contributed by atoms with E-state index in [1.807, 2.05) is 63.1 Å². The zero-order chi connectivity index (χ0) is 22.6. The lowest BCUT2D eigenvalue weighted by molar-refractivity contribution is 0.0186. The number of aliphatic imine (C=N–C) groups is 1. The summed E-state index contributed by atoms with van der Waals surface area (Å²) in [4.78, 5) is 19.9. The normalized spacial score (nSPS) is 16.6. The van der Waals surface area contributed by atoms with Crippen molar-refractivity contribution in [1.29, 1.82) is 0 Å². The number of amidine groups is 1. The predicted octanol–water partition coefficient (Wildman–Crippen LogP) is 5.55.